The normalized spacial score (nSPS) is 11.2. The molecule has 0 atom stereocenters. The van der Waals surface area contributed by atoms with E-state index in [1.807, 2.05) is 13.0 Å². The minimum Gasteiger partial charge on any atom is -0.390 e. The maximum absolute atomic E-state index is 11.9. The summed E-state index contributed by atoms with van der Waals surface area (Å²) >= 11 is 0. The zero-order valence-electron chi connectivity index (χ0n) is 12.6. The van der Waals surface area contributed by atoms with Crippen molar-refractivity contribution in [1.82, 2.24) is 14.9 Å². The fraction of sp³-hybridized carbons (Fsp3) is 0.357. The minimum atomic E-state index is -0.164. The molecule has 8 nitrogen and oxygen atoms in total. The SMILES string of the molecule is CCn1c(=O)[nH]c2cc(N=CN)c(NCCC(=O)NC)cc21. The van der Waals surface area contributed by atoms with Crippen molar-refractivity contribution in [1.29, 1.82) is 0 Å². The molecule has 5 N–H and O–H groups in total. The number of imidazole rings is 1. The molecular weight excluding hydrogens is 284 g/mol. The Kier molecular flexibility index (Phi) is 4.82. The highest BCUT2D eigenvalue weighted by Gasteiger charge is 2.10. The van der Waals surface area contributed by atoms with Crippen LogP contribution >= 0.6 is 0 Å². The van der Waals surface area contributed by atoms with Crippen molar-refractivity contribution in [3.05, 3.63) is 22.6 Å². The number of fused-ring (bicyclic) bond motifs is 1. The first-order valence-corrected chi connectivity index (χ1v) is 7.06. The van der Waals surface area contributed by atoms with Crippen molar-refractivity contribution < 1.29 is 4.79 Å². The number of benzene rings is 1. The molecule has 8 heteroatoms. The molecule has 0 spiro atoms. The number of carbonyl (C=O) groups is 1. The van der Waals surface area contributed by atoms with Crippen molar-refractivity contribution in [2.45, 2.75) is 19.9 Å². The van der Waals surface area contributed by atoms with E-state index in [9.17, 15) is 9.59 Å². The molecule has 1 amide bonds. The van der Waals surface area contributed by atoms with Crippen LogP contribution in [0.3, 0.4) is 0 Å². The molecule has 0 aliphatic carbocycles. The number of nitrogens with zero attached hydrogens (tertiary/aromatic N) is 2. The number of rotatable bonds is 6. The quantitative estimate of drug-likeness (QED) is 0.459. The van der Waals surface area contributed by atoms with Crippen molar-refractivity contribution >= 4 is 34.7 Å². The number of nitrogens with two attached hydrogens (primary N) is 1. The highest BCUT2D eigenvalue weighted by atomic mass is 16.2. The molecule has 118 valence electrons. The van der Waals surface area contributed by atoms with Crippen LogP contribution in [0.25, 0.3) is 11.0 Å². The molecule has 22 heavy (non-hydrogen) atoms. The standard InChI is InChI=1S/C14H20N6O2/c1-3-20-12-7-10(17-5-4-13(21)16-2)9(18-8-15)6-11(12)19-14(20)22/h6-8,17H,3-5H2,1-2H3,(H2,15,18)(H,16,21)(H,19,22). The lowest BCUT2D eigenvalue weighted by Gasteiger charge is -2.10. The summed E-state index contributed by atoms with van der Waals surface area (Å²) in [5.74, 6) is -0.0513. The molecule has 0 bridgehead atoms. The Morgan fingerprint density at radius 2 is 2.27 bits per heavy atom. The molecule has 0 saturated heterocycles. The Morgan fingerprint density at radius 3 is 2.91 bits per heavy atom. The summed E-state index contributed by atoms with van der Waals surface area (Å²) in [6.45, 7) is 2.92. The van der Waals surface area contributed by atoms with Crippen LogP contribution in [0.2, 0.25) is 0 Å². The predicted molar refractivity (Wildman–Crippen MR) is 87.7 cm³/mol. The lowest BCUT2D eigenvalue weighted by Crippen LogP contribution is -2.20. The first kappa shape index (κ1) is 15.6. The second-order valence-electron chi connectivity index (χ2n) is 4.69. The molecule has 0 aliphatic heterocycles. The second kappa shape index (κ2) is 6.79. The van der Waals surface area contributed by atoms with E-state index in [1.165, 1.54) is 6.34 Å². The van der Waals surface area contributed by atoms with Gasteiger partial charge in [-0.15, -0.1) is 0 Å². The fourth-order valence-corrected chi connectivity index (χ4v) is 2.27. The molecule has 1 aromatic heterocycles. The smallest absolute Gasteiger partial charge is 0.326 e. The van der Waals surface area contributed by atoms with Gasteiger partial charge in [-0.2, -0.15) is 0 Å². The topological polar surface area (TPSA) is 117 Å². The van der Waals surface area contributed by atoms with E-state index in [0.29, 0.717) is 30.7 Å². The summed E-state index contributed by atoms with van der Waals surface area (Å²) in [7, 11) is 1.60. The maximum Gasteiger partial charge on any atom is 0.326 e. The van der Waals surface area contributed by atoms with E-state index in [1.54, 1.807) is 17.7 Å². The molecule has 1 heterocycles. The molecule has 0 aliphatic rings. The number of carbonyl (C=O) groups excluding carboxylic acids is 1. The Bertz CT molecular complexity index is 759. The van der Waals surface area contributed by atoms with Crippen molar-refractivity contribution in [3.8, 4) is 0 Å². The van der Waals surface area contributed by atoms with Crippen LogP contribution in [-0.2, 0) is 11.3 Å². The summed E-state index contributed by atoms with van der Waals surface area (Å²) in [6, 6.07) is 3.59. The largest absolute Gasteiger partial charge is 0.390 e. The van der Waals surface area contributed by atoms with Gasteiger partial charge >= 0.3 is 5.69 Å². The molecular formula is C14H20N6O2. The summed E-state index contributed by atoms with van der Waals surface area (Å²) < 4.78 is 1.63. The molecule has 0 radical (unpaired) electrons. The van der Waals surface area contributed by atoms with Crippen LogP contribution in [-0.4, -0.2) is 35.4 Å². The molecule has 0 fully saturated rings. The summed E-state index contributed by atoms with van der Waals surface area (Å²) in [6.07, 6.45) is 1.54. The Balaban J connectivity index is 2.38. The van der Waals surface area contributed by atoms with Gasteiger partial charge in [0.25, 0.3) is 0 Å². The van der Waals surface area contributed by atoms with Gasteiger partial charge in [-0.1, -0.05) is 0 Å². The molecule has 0 saturated carbocycles. The number of hydrogen-bond acceptors (Lipinski definition) is 4. The van der Waals surface area contributed by atoms with Crippen LogP contribution in [0, 0.1) is 0 Å². The van der Waals surface area contributed by atoms with Gasteiger partial charge in [-0.25, -0.2) is 9.79 Å². The van der Waals surface area contributed by atoms with Crippen LogP contribution < -0.4 is 22.1 Å². The lowest BCUT2D eigenvalue weighted by molar-refractivity contribution is -0.120. The zero-order chi connectivity index (χ0) is 16.1. The highest BCUT2D eigenvalue weighted by Crippen LogP contribution is 2.29. The Hall–Kier alpha value is -2.77. The van der Waals surface area contributed by atoms with Gasteiger partial charge in [0, 0.05) is 26.6 Å². The first-order valence-electron chi connectivity index (χ1n) is 7.06. The number of H-pyrrole nitrogens is 1. The lowest BCUT2D eigenvalue weighted by atomic mass is 10.2. The predicted octanol–water partition coefficient (Wildman–Crippen LogP) is 0.516. The molecule has 1 aromatic carbocycles. The number of amides is 1. The average molecular weight is 304 g/mol. The Morgan fingerprint density at radius 1 is 1.50 bits per heavy atom. The third kappa shape index (κ3) is 3.11. The number of aryl methyl sites for hydroxylation is 1. The van der Waals surface area contributed by atoms with E-state index in [-0.39, 0.29) is 11.6 Å². The summed E-state index contributed by atoms with van der Waals surface area (Å²) in [4.78, 5) is 30.0. The van der Waals surface area contributed by atoms with E-state index in [2.05, 4.69) is 20.6 Å². The van der Waals surface area contributed by atoms with Gasteiger partial charge in [-0.3, -0.25) is 9.36 Å². The van der Waals surface area contributed by atoms with Crippen LogP contribution in [0.5, 0.6) is 0 Å². The van der Waals surface area contributed by atoms with Crippen LogP contribution in [0.15, 0.2) is 21.9 Å². The van der Waals surface area contributed by atoms with Gasteiger partial charge < -0.3 is 21.4 Å². The third-order valence-electron chi connectivity index (χ3n) is 3.37. The number of aliphatic imine (C=N–C) groups is 1. The fourth-order valence-electron chi connectivity index (χ4n) is 2.27. The van der Waals surface area contributed by atoms with E-state index in [4.69, 9.17) is 5.73 Å². The van der Waals surface area contributed by atoms with E-state index < -0.39 is 0 Å². The number of anilines is 1. The summed E-state index contributed by atoms with van der Waals surface area (Å²) in [5, 5.41) is 5.72. The Labute approximate surface area is 127 Å². The first-order chi connectivity index (χ1) is 10.6. The van der Waals surface area contributed by atoms with E-state index in [0.717, 1.165) is 11.2 Å². The number of nitrogens with one attached hydrogen (secondary N) is 3. The zero-order valence-corrected chi connectivity index (χ0v) is 12.6. The third-order valence-corrected chi connectivity index (χ3v) is 3.37. The molecule has 0 unspecified atom stereocenters. The van der Waals surface area contributed by atoms with Gasteiger partial charge in [-0.05, 0) is 19.1 Å². The van der Waals surface area contributed by atoms with Crippen molar-refractivity contribution in [2.24, 2.45) is 10.7 Å². The van der Waals surface area contributed by atoms with Gasteiger partial charge in [0.15, 0.2) is 0 Å². The van der Waals surface area contributed by atoms with Gasteiger partial charge in [0.2, 0.25) is 5.91 Å². The van der Waals surface area contributed by atoms with Gasteiger partial charge in [0.05, 0.1) is 28.7 Å². The second-order valence-corrected chi connectivity index (χ2v) is 4.69. The number of hydrogen-bond donors (Lipinski definition) is 4. The van der Waals surface area contributed by atoms with E-state index >= 15 is 0 Å². The van der Waals surface area contributed by atoms with Crippen molar-refractivity contribution in [3.63, 3.8) is 0 Å². The maximum atomic E-state index is 11.9. The van der Waals surface area contributed by atoms with Gasteiger partial charge in [0.1, 0.15) is 0 Å². The highest BCUT2D eigenvalue weighted by molar-refractivity contribution is 5.88. The van der Waals surface area contributed by atoms with Crippen LogP contribution in [0.4, 0.5) is 11.4 Å². The monoisotopic (exact) mass is 304 g/mol. The minimum absolute atomic E-state index is 0.0513. The number of aromatic amines is 1. The molecule has 2 aromatic rings. The number of aromatic nitrogens is 2. The van der Waals surface area contributed by atoms with Crippen molar-refractivity contribution in [2.75, 3.05) is 18.9 Å². The molecule has 2 rings (SSSR count). The average Bonchev–Trinajstić information content (AvgIpc) is 2.81. The van der Waals surface area contributed by atoms with Crippen LogP contribution in [0.1, 0.15) is 13.3 Å². The summed E-state index contributed by atoms with van der Waals surface area (Å²) in [5.41, 5.74) is 8.02.